The van der Waals surface area contributed by atoms with E-state index in [1.807, 2.05) is 0 Å². The summed E-state index contributed by atoms with van der Waals surface area (Å²) in [5.74, 6) is 0.340. The maximum absolute atomic E-state index is 12.2. The summed E-state index contributed by atoms with van der Waals surface area (Å²) in [6, 6.07) is 8.43. The van der Waals surface area contributed by atoms with Crippen molar-refractivity contribution < 1.29 is 0 Å². The van der Waals surface area contributed by atoms with Gasteiger partial charge >= 0.3 is 0 Å². The van der Waals surface area contributed by atoms with Crippen LogP contribution in [0, 0.1) is 0 Å². The minimum Gasteiger partial charge on any atom is -0.323 e. The summed E-state index contributed by atoms with van der Waals surface area (Å²) in [4.78, 5) is 35.5. The molecule has 4 rings (SSSR count). The minimum atomic E-state index is -0.383. The predicted octanol–water partition coefficient (Wildman–Crippen LogP) is 0.635. The quantitative estimate of drug-likeness (QED) is 0.528. The second-order valence-corrected chi connectivity index (χ2v) is 4.75. The lowest BCUT2D eigenvalue weighted by Gasteiger charge is -1.89. The molecule has 22 heavy (non-hydrogen) atoms. The molecule has 7 heteroatoms. The fraction of sp³-hybridized carbons (Fsp3) is 0. The summed E-state index contributed by atoms with van der Waals surface area (Å²) in [6.07, 6.45) is 3.24. The maximum atomic E-state index is 12.2. The molecule has 106 valence electrons. The first-order chi connectivity index (χ1) is 10.7. The van der Waals surface area contributed by atoms with Crippen LogP contribution in [0.3, 0.4) is 0 Å². The van der Waals surface area contributed by atoms with Crippen LogP contribution in [0.15, 0.2) is 57.4 Å². The number of anilines is 1. The lowest BCUT2D eigenvalue weighted by atomic mass is 10.2. The molecule has 0 bridgehead atoms. The molecule has 0 aliphatic heterocycles. The van der Waals surface area contributed by atoms with Gasteiger partial charge in [0.25, 0.3) is 0 Å². The first kappa shape index (κ1) is 12.4. The highest BCUT2D eigenvalue weighted by Gasteiger charge is 2.10. The van der Waals surface area contributed by atoms with E-state index in [0.717, 1.165) is 5.52 Å². The van der Waals surface area contributed by atoms with Crippen molar-refractivity contribution >= 4 is 27.8 Å². The van der Waals surface area contributed by atoms with Gasteiger partial charge in [0.15, 0.2) is 5.36 Å². The van der Waals surface area contributed by atoms with Gasteiger partial charge in [-0.3, -0.25) is 14.6 Å². The number of rotatable bonds is 2. The molecule has 2 heterocycles. The molecule has 0 aliphatic carbocycles. The van der Waals surface area contributed by atoms with Crippen molar-refractivity contribution in [1.82, 2.24) is 15.0 Å². The number of nitrogens with zero attached hydrogens (tertiary/aromatic N) is 3. The lowest BCUT2D eigenvalue weighted by Crippen LogP contribution is -2.32. The van der Waals surface area contributed by atoms with Crippen molar-refractivity contribution in [3.8, 4) is 0 Å². The SMILES string of the molecule is O=c1c(=NNc2nc3cnccc3[nH]2)c(=O)c2ccccc12. The van der Waals surface area contributed by atoms with Gasteiger partial charge in [0.2, 0.25) is 16.8 Å². The van der Waals surface area contributed by atoms with Gasteiger partial charge in [0.05, 0.1) is 11.7 Å². The lowest BCUT2D eigenvalue weighted by molar-refractivity contribution is 1.14. The van der Waals surface area contributed by atoms with E-state index in [1.165, 1.54) is 0 Å². The fourth-order valence-electron chi connectivity index (χ4n) is 2.36. The van der Waals surface area contributed by atoms with Gasteiger partial charge < -0.3 is 4.98 Å². The highest BCUT2D eigenvalue weighted by Crippen LogP contribution is 2.11. The fourth-order valence-corrected chi connectivity index (χ4v) is 2.36. The van der Waals surface area contributed by atoms with Crippen LogP contribution in [-0.2, 0) is 0 Å². The zero-order valence-corrected chi connectivity index (χ0v) is 11.2. The maximum Gasteiger partial charge on any atom is 0.222 e. The molecule has 2 aromatic heterocycles. The number of H-pyrrole nitrogens is 1. The van der Waals surface area contributed by atoms with Crippen molar-refractivity contribution in [1.29, 1.82) is 0 Å². The van der Waals surface area contributed by atoms with Crippen LogP contribution >= 0.6 is 0 Å². The van der Waals surface area contributed by atoms with Crippen LogP contribution in [0.2, 0.25) is 0 Å². The molecule has 7 nitrogen and oxygen atoms in total. The molecule has 2 N–H and O–H groups in total. The van der Waals surface area contributed by atoms with Crippen LogP contribution in [-0.4, -0.2) is 15.0 Å². The Bertz CT molecular complexity index is 1070. The summed E-state index contributed by atoms with van der Waals surface area (Å²) in [6.45, 7) is 0. The number of hydrogen-bond acceptors (Lipinski definition) is 6. The Morgan fingerprint density at radius 1 is 1.05 bits per heavy atom. The van der Waals surface area contributed by atoms with E-state index < -0.39 is 0 Å². The first-order valence-corrected chi connectivity index (χ1v) is 6.56. The number of aromatic amines is 1. The van der Waals surface area contributed by atoms with E-state index in [9.17, 15) is 9.59 Å². The molecule has 0 spiro atoms. The summed E-state index contributed by atoms with van der Waals surface area (Å²) >= 11 is 0. The number of nitrogens with one attached hydrogen (secondary N) is 2. The third-order valence-electron chi connectivity index (χ3n) is 3.41. The molecule has 0 saturated carbocycles. The number of aromatic nitrogens is 3. The van der Waals surface area contributed by atoms with E-state index in [4.69, 9.17) is 0 Å². The first-order valence-electron chi connectivity index (χ1n) is 6.56. The standard InChI is InChI=1S/C15H9N5O2/c21-13-8-3-1-2-4-9(8)14(22)12(13)19-20-15-17-10-5-6-16-7-11(10)18-15/h1-7H,(H2,17,18,20). The van der Waals surface area contributed by atoms with Crippen molar-refractivity contribution in [2.75, 3.05) is 5.43 Å². The average Bonchev–Trinajstić information content (AvgIpc) is 3.06. The van der Waals surface area contributed by atoms with Gasteiger partial charge in [-0.2, -0.15) is 5.10 Å². The van der Waals surface area contributed by atoms with E-state index in [2.05, 4.69) is 25.5 Å². The van der Waals surface area contributed by atoms with Crippen LogP contribution < -0.4 is 21.6 Å². The highest BCUT2D eigenvalue weighted by molar-refractivity contribution is 5.83. The smallest absolute Gasteiger partial charge is 0.222 e. The minimum absolute atomic E-state index is 0.139. The molecule has 2 aromatic carbocycles. The zero-order valence-electron chi connectivity index (χ0n) is 11.2. The molecule has 4 aromatic rings. The van der Waals surface area contributed by atoms with Crippen LogP contribution in [0.1, 0.15) is 0 Å². The van der Waals surface area contributed by atoms with Crippen molar-refractivity contribution in [3.63, 3.8) is 0 Å². The van der Waals surface area contributed by atoms with Gasteiger partial charge in [-0.1, -0.05) is 24.3 Å². The summed E-state index contributed by atoms with van der Waals surface area (Å²) in [5.41, 5.74) is 3.30. The number of hydrogen-bond donors (Lipinski definition) is 2. The number of benzene rings is 1. The Morgan fingerprint density at radius 3 is 2.45 bits per heavy atom. The molecule has 0 fully saturated rings. The zero-order chi connectivity index (χ0) is 15.1. The van der Waals surface area contributed by atoms with Crippen molar-refractivity contribution in [3.05, 3.63) is 68.5 Å². The molecule has 0 atom stereocenters. The van der Waals surface area contributed by atoms with E-state index in [-0.39, 0.29) is 16.2 Å². The Morgan fingerprint density at radius 2 is 1.77 bits per heavy atom. The molecular formula is C15H9N5O2. The third kappa shape index (κ3) is 1.80. The molecule has 0 aliphatic rings. The van der Waals surface area contributed by atoms with Gasteiger partial charge in [-0.05, 0) is 6.07 Å². The molecule has 0 radical (unpaired) electrons. The van der Waals surface area contributed by atoms with Crippen LogP contribution in [0.25, 0.3) is 21.8 Å². The van der Waals surface area contributed by atoms with Gasteiger partial charge in [-0.25, -0.2) is 10.4 Å². The monoisotopic (exact) mass is 291 g/mol. The number of imidazole rings is 1. The predicted molar refractivity (Wildman–Crippen MR) is 81.9 cm³/mol. The van der Waals surface area contributed by atoms with E-state index in [1.54, 1.807) is 42.7 Å². The molecule has 0 unspecified atom stereocenters. The summed E-state index contributed by atoms with van der Waals surface area (Å²) in [5, 5.41) is 4.53. The summed E-state index contributed by atoms with van der Waals surface area (Å²) < 4.78 is 0. The second kappa shape index (κ2) is 4.59. The number of fused-ring (bicyclic) bond motifs is 2. The largest absolute Gasteiger partial charge is 0.323 e. The topological polar surface area (TPSA) is 100 Å². The number of pyridine rings is 1. The van der Waals surface area contributed by atoms with Gasteiger partial charge in [-0.15, -0.1) is 0 Å². The van der Waals surface area contributed by atoms with Gasteiger partial charge in [0, 0.05) is 17.0 Å². The Kier molecular flexibility index (Phi) is 2.59. The third-order valence-corrected chi connectivity index (χ3v) is 3.41. The molecular weight excluding hydrogens is 282 g/mol. The Labute approximate surface area is 122 Å². The molecule has 0 saturated heterocycles. The van der Waals surface area contributed by atoms with Crippen LogP contribution in [0.4, 0.5) is 5.95 Å². The Balaban J connectivity index is 1.83. The normalized spacial score (nSPS) is 11.1. The highest BCUT2D eigenvalue weighted by atomic mass is 16.1. The van der Waals surface area contributed by atoms with E-state index >= 15 is 0 Å². The van der Waals surface area contributed by atoms with Gasteiger partial charge in [0.1, 0.15) is 5.52 Å². The Hall–Kier alpha value is -3.35. The van der Waals surface area contributed by atoms with Crippen molar-refractivity contribution in [2.45, 2.75) is 0 Å². The van der Waals surface area contributed by atoms with E-state index in [0.29, 0.717) is 22.2 Å². The van der Waals surface area contributed by atoms with Crippen LogP contribution in [0.5, 0.6) is 0 Å². The molecule has 0 amide bonds. The summed E-state index contributed by atoms with van der Waals surface area (Å²) in [7, 11) is 0. The second-order valence-electron chi connectivity index (χ2n) is 4.75. The van der Waals surface area contributed by atoms with Crippen molar-refractivity contribution in [2.24, 2.45) is 5.10 Å². The average molecular weight is 291 g/mol.